The van der Waals surface area contributed by atoms with Crippen LogP contribution in [-0.4, -0.2) is 29.5 Å². The Balaban J connectivity index is 0.00000364. The van der Waals surface area contributed by atoms with Crippen molar-refractivity contribution >= 4 is 5.84 Å². The summed E-state index contributed by atoms with van der Waals surface area (Å²) in [6, 6.07) is 11.6. The lowest BCUT2D eigenvalue weighted by atomic mass is 10.1. The molecule has 0 amide bonds. The van der Waals surface area contributed by atoms with Crippen molar-refractivity contribution in [2.75, 3.05) is 13.1 Å². The highest BCUT2D eigenvalue weighted by Gasteiger charge is 2.37. The normalized spacial score (nSPS) is 19.4. The minimum atomic E-state index is 0. The molecule has 3 heteroatoms. The van der Waals surface area contributed by atoms with E-state index in [0.717, 1.165) is 12.6 Å². The van der Waals surface area contributed by atoms with Crippen LogP contribution in [0.1, 0.15) is 90.5 Å². The highest BCUT2D eigenvalue weighted by Crippen LogP contribution is 2.10. The number of benzene rings is 1. The van der Waals surface area contributed by atoms with E-state index >= 15 is 0 Å². The average molecular weight is 394 g/mol. The number of halogens is 1. The highest BCUT2D eigenvalue weighted by atomic mass is 35.5. The van der Waals surface area contributed by atoms with Gasteiger partial charge in [-0.15, -0.1) is 0 Å². The van der Waals surface area contributed by atoms with Gasteiger partial charge in [-0.25, -0.2) is 4.90 Å². The Morgan fingerprint density at radius 2 is 1.44 bits per heavy atom. The summed E-state index contributed by atoms with van der Waals surface area (Å²) in [5.41, 5.74) is 1.43. The fourth-order valence-electron chi connectivity index (χ4n) is 4.35. The van der Waals surface area contributed by atoms with Crippen molar-refractivity contribution in [3.63, 3.8) is 0 Å². The fourth-order valence-corrected chi connectivity index (χ4v) is 4.35. The zero-order valence-corrected chi connectivity index (χ0v) is 18.7. The summed E-state index contributed by atoms with van der Waals surface area (Å²) in [7, 11) is 0. The van der Waals surface area contributed by atoms with Gasteiger partial charge in [0, 0.05) is 5.56 Å². The summed E-state index contributed by atoms with van der Waals surface area (Å²) in [5, 5.41) is 0. The molecule has 2 unspecified atom stereocenters. The van der Waals surface area contributed by atoms with Crippen LogP contribution >= 0.6 is 0 Å². The van der Waals surface area contributed by atoms with E-state index in [0.29, 0.717) is 0 Å². The highest BCUT2D eigenvalue weighted by molar-refractivity contribution is 5.65. The number of nitrogens with zero attached hydrogens (tertiary/aromatic N) is 1. The Hall–Kier alpha value is -0.860. The third kappa shape index (κ3) is 8.79. The molecule has 0 bridgehead atoms. The molecule has 1 aromatic carbocycles. The number of hydrogen-bond acceptors (Lipinski definition) is 0. The molecule has 1 N–H and O–H groups in total. The molecule has 0 radical (unpaired) electrons. The van der Waals surface area contributed by atoms with Crippen LogP contribution < -0.4 is 17.3 Å². The maximum Gasteiger partial charge on any atom is 0.334 e. The summed E-state index contributed by atoms with van der Waals surface area (Å²) < 4.78 is 2.59. The second kappa shape index (κ2) is 14.2. The van der Waals surface area contributed by atoms with Gasteiger partial charge in [0.1, 0.15) is 0 Å². The maximum atomic E-state index is 2.59. The van der Waals surface area contributed by atoms with Crippen LogP contribution in [0.4, 0.5) is 0 Å². The Morgan fingerprint density at radius 1 is 0.889 bits per heavy atom. The second-order valence-corrected chi connectivity index (χ2v) is 8.31. The fraction of sp³-hybridized carbons (Fsp3) is 0.708. The van der Waals surface area contributed by atoms with E-state index in [2.05, 4.69) is 55.7 Å². The Labute approximate surface area is 174 Å². The largest absolute Gasteiger partial charge is 1.00 e. The van der Waals surface area contributed by atoms with Gasteiger partial charge < -0.3 is 12.4 Å². The average Bonchev–Trinajstić information content (AvgIpc) is 2.91. The Kier molecular flexibility index (Phi) is 12.7. The van der Waals surface area contributed by atoms with Crippen LogP contribution in [0, 0.1) is 0 Å². The molecule has 2 atom stereocenters. The third-order valence-corrected chi connectivity index (χ3v) is 6.04. The summed E-state index contributed by atoms with van der Waals surface area (Å²) >= 11 is 0. The number of hydrogen-bond donors (Lipinski definition) is 1. The quantitative estimate of drug-likeness (QED) is 0.386. The van der Waals surface area contributed by atoms with Crippen LogP contribution in [0.25, 0.3) is 0 Å². The zero-order valence-electron chi connectivity index (χ0n) is 18.0. The van der Waals surface area contributed by atoms with Crippen molar-refractivity contribution in [1.29, 1.82) is 0 Å². The van der Waals surface area contributed by atoms with E-state index in [1.807, 2.05) is 0 Å². The smallest absolute Gasteiger partial charge is 0.334 e. The van der Waals surface area contributed by atoms with Crippen molar-refractivity contribution in [3.05, 3.63) is 35.9 Å². The minimum Gasteiger partial charge on any atom is -1.00 e. The van der Waals surface area contributed by atoms with Gasteiger partial charge in [-0.05, 0) is 19.8 Å². The first-order valence-electron chi connectivity index (χ1n) is 11.2. The predicted molar refractivity (Wildman–Crippen MR) is 113 cm³/mol. The molecular weight excluding hydrogens is 352 g/mol. The van der Waals surface area contributed by atoms with Gasteiger partial charge in [-0.2, -0.15) is 4.58 Å². The van der Waals surface area contributed by atoms with Gasteiger partial charge in [0.05, 0.1) is 13.5 Å². The van der Waals surface area contributed by atoms with Crippen LogP contribution in [0.15, 0.2) is 30.3 Å². The first-order chi connectivity index (χ1) is 12.7. The van der Waals surface area contributed by atoms with E-state index < -0.39 is 0 Å². The van der Waals surface area contributed by atoms with Gasteiger partial charge >= 0.3 is 5.84 Å². The Morgan fingerprint density at radius 3 is 2.04 bits per heavy atom. The molecule has 154 valence electrons. The van der Waals surface area contributed by atoms with Crippen molar-refractivity contribution in [2.24, 2.45) is 0 Å². The van der Waals surface area contributed by atoms with E-state index in [-0.39, 0.29) is 12.4 Å². The summed E-state index contributed by atoms with van der Waals surface area (Å²) in [4.78, 5) is 1.72. The molecule has 0 spiro atoms. The molecule has 1 heterocycles. The molecule has 1 aromatic rings. The Bertz CT molecular complexity index is 526. The predicted octanol–water partition coefficient (Wildman–Crippen LogP) is 1.83. The molecule has 0 fully saturated rings. The molecule has 0 saturated heterocycles. The van der Waals surface area contributed by atoms with Gasteiger partial charge in [0.2, 0.25) is 0 Å². The van der Waals surface area contributed by atoms with Crippen molar-refractivity contribution in [3.8, 4) is 0 Å². The van der Waals surface area contributed by atoms with E-state index in [1.54, 1.807) is 10.7 Å². The standard InChI is InChI=1S/C24H41N2.ClH/c1-4-5-6-7-8-9-10-11-12-16-19-26-22(2)20-25(23(26)3)21-24-17-14-13-15-18-24;/h13-15,17-18,22H,4-12,16,19-21H2,1-3H3;1H/q+1;. The molecule has 2 rings (SSSR count). The topological polar surface area (TPSA) is 7.45 Å². The summed E-state index contributed by atoms with van der Waals surface area (Å²) in [6.07, 6.45) is 14.3. The molecule has 27 heavy (non-hydrogen) atoms. The van der Waals surface area contributed by atoms with Gasteiger partial charge in [-0.1, -0.05) is 88.6 Å². The van der Waals surface area contributed by atoms with E-state index in [4.69, 9.17) is 0 Å². The van der Waals surface area contributed by atoms with Crippen LogP contribution in [0.2, 0.25) is 0 Å². The molecular formula is C24H42ClN2+. The second-order valence-electron chi connectivity index (χ2n) is 8.31. The first kappa shape index (κ1) is 24.2. The van der Waals surface area contributed by atoms with Gasteiger partial charge in [-0.3, -0.25) is 0 Å². The van der Waals surface area contributed by atoms with Gasteiger partial charge in [0.25, 0.3) is 0 Å². The third-order valence-electron chi connectivity index (χ3n) is 6.04. The molecule has 1 aliphatic rings. The molecule has 0 aliphatic carbocycles. The molecule has 1 aliphatic heterocycles. The number of nitrogens with one attached hydrogen (secondary N) is 1. The summed E-state index contributed by atoms with van der Waals surface area (Å²) in [5.74, 6) is 1.55. The van der Waals surface area contributed by atoms with Crippen molar-refractivity contribution < 1.29 is 21.9 Å². The molecule has 2 nitrogen and oxygen atoms in total. The molecule has 0 aromatic heterocycles. The lowest BCUT2D eigenvalue weighted by molar-refractivity contribution is -0.827. The van der Waals surface area contributed by atoms with E-state index in [1.165, 1.54) is 82.9 Å². The zero-order chi connectivity index (χ0) is 18.6. The van der Waals surface area contributed by atoms with E-state index in [9.17, 15) is 0 Å². The molecule has 0 saturated carbocycles. The van der Waals surface area contributed by atoms with Crippen LogP contribution in [-0.2, 0) is 6.54 Å². The number of amidine groups is 1. The monoisotopic (exact) mass is 393 g/mol. The number of rotatable bonds is 13. The lowest BCUT2D eigenvalue weighted by Gasteiger charge is -2.13. The van der Waals surface area contributed by atoms with Crippen LogP contribution in [0.5, 0.6) is 0 Å². The van der Waals surface area contributed by atoms with Crippen molar-refractivity contribution in [2.45, 2.75) is 97.6 Å². The number of unbranched alkanes of at least 4 members (excludes halogenated alkanes) is 9. The first-order valence-corrected chi connectivity index (χ1v) is 11.2. The minimum absolute atomic E-state index is 0. The summed E-state index contributed by atoms with van der Waals surface area (Å²) in [6.45, 7) is 10.6. The van der Waals surface area contributed by atoms with Crippen LogP contribution in [0.3, 0.4) is 0 Å². The lowest BCUT2D eigenvalue weighted by Crippen LogP contribution is -3.16. The maximum absolute atomic E-state index is 2.59. The van der Waals surface area contributed by atoms with Crippen molar-refractivity contribution in [1.82, 2.24) is 0 Å². The van der Waals surface area contributed by atoms with Gasteiger partial charge in [0.15, 0.2) is 19.1 Å². The number of quaternary nitrogens is 1. The SMILES string of the molecule is CCCCCCCCCCCC[NH+]1C(C)=[N+](Cc2ccccc2)CC1C.[Cl-].